The number of carbonyl (C=O) groups excluding carboxylic acids is 1. The first kappa shape index (κ1) is 19.0. The van der Waals surface area contributed by atoms with Gasteiger partial charge in [0.15, 0.2) is 0 Å². The summed E-state index contributed by atoms with van der Waals surface area (Å²) in [7, 11) is 0. The number of nitrogens with zero attached hydrogens (tertiary/aromatic N) is 5. The number of fused-ring (bicyclic) bond motifs is 3. The number of rotatable bonds is 6. The van der Waals surface area contributed by atoms with Gasteiger partial charge in [-0.15, -0.1) is 5.10 Å². The van der Waals surface area contributed by atoms with Crippen LogP contribution in [0.25, 0.3) is 21.8 Å². The van der Waals surface area contributed by atoms with Gasteiger partial charge < -0.3 is 9.88 Å². The van der Waals surface area contributed by atoms with Crippen molar-refractivity contribution in [1.29, 1.82) is 0 Å². The Morgan fingerprint density at radius 2 is 1.74 bits per heavy atom. The normalized spacial score (nSPS) is 12.3. The Morgan fingerprint density at radius 1 is 0.968 bits per heavy atom. The van der Waals surface area contributed by atoms with Crippen molar-refractivity contribution in [2.75, 3.05) is 5.32 Å². The number of hydrogen-bond acceptors (Lipinski definition) is 4. The number of nitrogens with one attached hydrogen (secondary N) is 1. The van der Waals surface area contributed by atoms with Crippen molar-refractivity contribution < 1.29 is 4.79 Å². The highest BCUT2D eigenvalue weighted by Gasteiger charge is 2.23. The van der Waals surface area contributed by atoms with Gasteiger partial charge in [0.25, 0.3) is 0 Å². The Bertz CT molecular complexity index is 1340. The number of para-hydroxylation sites is 1. The van der Waals surface area contributed by atoms with Crippen LogP contribution in [0.3, 0.4) is 0 Å². The van der Waals surface area contributed by atoms with E-state index < -0.39 is 6.04 Å². The van der Waals surface area contributed by atoms with E-state index in [0.717, 1.165) is 28.7 Å². The minimum atomic E-state index is -0.551. The van der Waals surface area contributed by atoms with Crippen LogP contribution in [0, 0.1) is 0 Å². The molecular formula is C24H22N6O. The topological polar surface area (TPSA) is 77.6 Å². The van der Waals surface area contributed by atoms with E-state index >= 15 is 0 Å². The number of aromatic nitrogens is 5. The van der Waals surface area contributed by atoms with Gasteiger partial charge in [0.2, 0.25) is 5.91 Å². The predicted molar refractivity (Wildman–Crippen MR) is 121 cm³/mol. The van der Waals surface area contributed by atoms with Crippen LogP contribution in [0.5, 0.6) is 0 Å². The monoisotopic (exact) mass is 410 g/mol. The van der Waals surface area contributed by atoms with Crippen LogP contribution >= 0.6 is 0 Å². The zero-order valence-electron chi connectivity index (χ0n) is 17.1. The van der Waals surface area contributed by atoms with E-state index in [-0.39, 0.29) is 5.91 Å². The summed E-state index contributed by atoms with van der Waals surface area (Å²) >= 11 is 0. The van der Waals surface area contributed by atoms with Gasteiger partial charge in [0, 0.05) is 40.5 Å². The van der Waals surface area contributed by atoms with Crippen molar-refractivity contribution in [1.82, 2.24) is 24.8 Å². The lowest BCUT2D eigenvalue weighted by Crippen LogP contribution is -2.28. The second-order valence-corrected chi connectivity index (χ2v) is 7.48. The zero-order chi connectivity index (χ0) is 21.2. The van der Waals surface area contributed by atoms with Gasteiger partial charge in [-0.25, -0.2) is 4.68 Å². The second kappa shape index (κ2) is 8.02. The lowest BCUT2D eigenvalue weighted by atomic mass is 10.1. The number of benzene rings is 3. The number of carbonyl (C=O) groups is 1. The lowest BCUT2D eigenvalue weighted by Gasteiger charge is -2.16. The predicted octanol–water partition coefficient (Wildman–Crippen LogP) is 4.22. The van der Waals surface area contributed by atoms with Crippen LogP contribution in [0.4, 0.5) is 5.69 Å². The third-order valence-corrected chi connectivity index (χ3v) is 5.61. The summed E-state index contributed by atoms with van der Waals surface area (Å²) in [6.07, 6.45) is 1.97. The molecule has 2 aromatic heterocycles. The van der Waals surface area contributed by atoms with Gasteiger partial charge >= 0.3 is 0 Å². The fourth-order valence-electron chi connectivity index (χ4n) is 4.15. The Balaban J connectivity index is 1.48. The molecule has 0 aliphatic carbocycles. The molecule has 1 atom stereocenters. The number of aryl methyl sites for hydroxylation is 1. The fraction of sp³-hybridized carbons (Fsp3) is 0.167. The molecule has 0 saturated carbocycles. The van der Waals surface area contributed by atoms with Crippen LogP contribution in [-0.4, -0.2) is 30.7 Å². The van der Waals surface area contributed by atoms with Crippen molar-refractivity contribution in [3.05, 3.63) is 84.7 Å². The van der Waals surface area contributed by atoms with Crippen molar-refractivity contribution in [2.24, 2.45) is 0 Å². The standard InChI is InChI=1S/C24H22N6O/c1-2-29-21-11-7-6-10-19(21)20-15-18(12-13-22(20)29)26-24(31)23(30-16-25-27-28-30)14-17-8-4-3-5-9-17/h3-13,15-16,23H,2,14H2,1H3,(H,26,31)/t23-/m1/s1. The molecule has 5 rings (SSSR count). The van der Waals surface area contributed by atoms with Crippen molar-refractivity contribution >= 4 is 33.4 Å². The van der Waals surface area contributed by atoms with Crippen LogP contribution in [0.15, 0.2) is 79.1 Å². The molecule has 7 heteroatoms. The van der Waals surface area contributed by atoms with E-state index in [4.69, 9.17) is 0 Å². The van der Waals surface area contributed by atoms with Crippen LogP contribution in [0.2, 0.25) is 0 Å². The number of anilines is 1. The number of amides is 1. The van der Waals surface area contributed by atoms with Gasteiger partial charge in [-0.3, -0.25) is 4.79 Å². The first-order valence-electron chi connectivity index (χ1n) is 10.3. The molecule has 0 unspecified atom stereocenters. The van der Waals surface area contributed by atoms with Gasteiger partial charge in [0.1, 0.15) is 12.4 Å². The summed E-state index contributed by atoms with van der Waals surface area (Å²) in [4.78, 5) is 13.2. The molecule has 0 saturated heterocycles. The molecule has 0 fully saturated rings. The van der Waals surface area contributed by atoms with E-state index in [2.05, 4.69) is 56.6 Å². The Morgan fingerprint density at radius 3 is 2.52 bits per heavy atom. The van der Waals surface area contributed by atoms with Gasteiger partial charge in [0.05, 0.1) is 0 Å². The Kier molecular flexibility index (Phi) is 4.92. The SMILES string of the molecule is CCn1c2ccccc2c2cc(NC(=O)[C@@H](Cc3ccccc3)n3cnnn3)ccc21. The zero-order valence-corrected chi connectivity index (χ0v) is 17.1. The molecule has 0 aliphatic rings. The summed E-state index contributed by atoms with van der Waals surface area (Å²) in [5.74, 6) is -0.158. The lowest BCUT2D eigenvalue weighted by molar-refractivity contribution is -0.119. The highest BCUT2D eigenvalue weighted by molar-refractivity contribution is 6.10. The average molecular weight is 410 g/mol. The average Bonchev–Trinajstić information content (AvgIpc) is 3.44. The molecule has 7 nitrogen and oxygen atoms in total. The molecule has 0 aliphatic heterocycles. The van der Waals surface area contributed by atoms with Crippen molar-refractivity contribution in [2.45, 2.75) is 25.9 Å². The molecule has 5 aromatic rings. The van der Waals surface area contributed by atoms with Gasteiger partial charge in [-0.1, -0.05) is 48.5 Å². The van der Waals surface area contributed by atoms with Crippen LogP contribution < -0.4 is 5.32 Å². The summed E-state index contributed by atoms with van der Waals surface area (Å²) in [5, 5.41) is 16.8. The fourth-order valence-corrected chi connectivity index (χ4v) is 4.15. The first-order chi connectivity index (χ1) is 15.2. The van der Waals surface area contributed by atoms with E-state index in [1.54, 1.807) is 0 Å². The third kappa shape index (κ3) is 3.54. The van der Waals surface area contributed by atoms with E-state index in [9.17, 15) is 4.79 Å². The maximum Gasteiger partial charge on any atom is 0.249 e. The minimum Gasteiger partial charge on any atom is -0.341 e. The van der Waals surface area contributed by atoms with Gasteiger partial charge in [-0.2, -0.15) is 0 Å². The molecule has 0 radical (unpaired) electrons. The summed E-state index contributed by atoms with van der Waals surface area (Å²) in [5.41, 5.74) is 4.14. The quantitative estimate of drug-likeness (QED) is 0.455. The largest absolute Gasteiger partial charge is 0.341 e. The van der Waals surface area contributed by atoms with E-state index in [0.29, 0.717) is 6.42 Å². The first-order valence-corrected chi connectivity index (χ1v) is 10.3. The summed E-state index contributed by atoms with van der Waals surface area (Å²) < 4.78 is 3.79. The molecular weight excluding hydrogens is 388 g/mol. The maximum absolute atomic E-state index is 13.2. The maximum atomic E-state index is 13.2. The van der Waals surface area contributed by atoms with Crippen molar-refractivity contribution in [3.8, 4) is 0 Å². The van der Waals surface area contributed by atoms with Crippen molar-refractivity contribution in [3.63, 3.8) is 0 Å². The molecule has 1 amide bonds. The second-order valence-electron chi connectivity index (χ2n) is 7.48. The number of tetrazole rings is 1. The molecule has 31 heavy (non-hydrogen) atoms. The summed E-state index contributed by atoms with van der Waals surface area (Å²) in [6, 6.07) is 23.7. The Labute approximate surface area is 179 Å². The molecule has 0 bridgehead atoms. The van der Waals surface area contributed by atoms with Crippen LogP contribution in [0.1, 0.15) is 18.5 Å². The minimum absolute atomic E-state index is 0.158. The highest BCUT2D eigenvalue weighted by atomic mass is 16.2. The molecule has 1 N–H and O–H groups in total. The molecule has 0 spiro atoms. The van der Waals surface area contributed by atoms with Crippen LogP contribution in [-0.2, 0) is 17.8 Å². The molecule has 2 heterocycles. The Hall–Kier alpha value is -4.00. The van der Waals surface area contributed by atoms with E-state index in [1.807, 2.05) is 48.5 Å². The number of hydrogen-bond donors (Lipinski definition) is 1. The molecule has 3 aromatic carbocycles. The molecule has 154 valence electrons. The summed E-state index contributed by atoms with van der Waals surface area (Å²) in [6.45, 7) is 3.02. The van der Waals surface area contributed by atoms with Gasteiger partial charge in [-0.05, 0) is 47.2 Å². The van der Waals surface area contributed by atoms with E-state index in [1.165, 1.54) is 21.9 Å². The smallest absolute Gasteiger partial charge is 0.249 e. The third-order valence-electron chi connectivity index (χ3n) is 5.61. The highest BCUT2D eigenvalue weighted by Crippen LogP contribution is 2.31.